The molecule has 0 spiro atoms. The number of ether oxygens (including phenoxy) is 1. The summed E-state index contributed by atoms with van der Waals surface area (Å²) in [5.41, 5.74) is 3.31. The molecule has 0 saturated carbocycles. The predicted octanol–water partition coefficient (Wildman–Crippen LogP) is 5.87. The summed E-state index contributed by atoms with van der Waals surface area (Å²) >= 11 is 3.31. The summed E-state index contributed by atoms with van der Waals surface area (Å²) < 4.78 is 7.05. The largest absolute Gasteiger partial charge is 0.497 e. The number of para-hydroxylation sites is 1. The van der Waals surface area contributed by atoms with Crippen LogP contribution in [0.15, 0.2) is 64.5 Å². The van der Waals surface area contributed by atoms with Gasteiger partial charge in [0, 0.05) is 10.6 Å². The van der Waals surface area contributed by atoms with E-state index in [1.807, 2.05) is 42.5 Å². The van der Waals surface area contributed by atoms with Gasteiger partial charge in [0.2, 0.25) is 0 Å². The molecule has 1 atom stereocenters. The molecule has 1 aliphatic carbocycles. The fraction of sp³-hybridized carbons (Fsp3) is 0.280. The zero-order valence-corrected chi connectivity index (χ0v) is 19.3. The van der Waals surface area contributed by atoms with Crippen LogP contribution >= 0.6 is 23.1 Å². The third-order valence-electron chi connectivity index (χ3n) is 5.84. The molecular formula is C25H24N2O2S2. The summed E-state index contributed by atoms with van der Waals surface area (Å²) in [6.07, 6.45) is 3.16. The highest BCUT2D eigenvalue weighted by Crippen LogP contribution is 2.37. The summed E-state index contributed by atoms with van der Waals surface area (Å²) in [6.45, 7) is 2.29. The fourth-order valence-corrected chi connectivity index (χ4v) is 6.53. The molecule has 2 aromatic carbocycles. The minimum absolute atomic E-state index is 0.0560. The molecule has 0 aliphatic heterocycles. The highest BCUT2D eigenvalue weighted by atomic mass is 32.2. The number of methoxy groups -OCH3 is 1. The van der Waals surface area contributed by atoms with Crippen LogP contribution < -0.4 is 10.3 Å². The SMILES string of the molecule is COc1ccc(CSc2nc3sc4c(c3c(=O)n2-c2ccccc2)CCC(C)C4)cc1. The molecule has 1 unspecified atom stereocenters. The maximum atomic E-state index is 13.8. The molecule has 158 valence electrons. The first-order valence-corrected chi connectivity index (χ1v) is 12.3. The van der Waals surface area contributed by atoms with Gasteiger partial charge in [-0.25, -0.2) is 4.98 Å². The van der Waals surface area contributed by atoms with E-state index in [4.69, 9.17) is 9.72 Å². The zero-order chi connectivity index (χ0) is 21.4. The van der Waals surface area contributed by atoms with Crippen molar-refractivity contribution < 1.29 is 4.74 Å². The Morgan fingerprint density at radius 1 is 1.16 bits per heavy atom. The summed E-state index contributed by atoms with van der Waals surface area (Å²) in [7, 11) is 1.67. The normalized spacial score (nSPS) is 15.7. The van der Waals surface area contributed by atoms with Crippen LogP contribution in [-0.2, 0) is 18.6 Å². The molecule has 4 aromatic rings. The van der Waals surface area contributed by atoms with E-state index < -0.39 is 0 Å². The van der Waals surface area contributed by atoms with Crippen LogP contribution in [-0.4, -0.2) is 16.7 Å². The van der Waals surface area contributed by atoms with Crippen molar-refractivity contribution in [1.82, 2.24) is 9.55 Å². The number of fused-ring (bicyclic) bond motifs is 3. The van der Waals surface area contributed by atoms with Crippen molar-refractivity contribution >= 4 is 33.3 Å². The van der Waals surface area contributed by atoms with Gasteiger partial charge in [-0.15, -0.1) is 11.3 Å². The molecular weight excluding hydrogens is 424 g/mol. The number of benzene rings is 2. The van der Waals surface area contributed by atoms with Gasteiger partial charge in [0.05, 0.1) is 18.2 Å². The summed E-state index contributed by atoms with van der Waals surface area (Å²) in [5, 5.41) is 1.57. The van der Waals surface area contributed by atoms with Gasteiger partial charge in [0.1, 0.15) is 10.6 Å². The molecule has 2 aromatic heterocycles. The molecule has 0 bridgehead atoms. The van der Waals surface area contributed by atoms with Crippen LogP contribution in [0.3, 0.4) is 0 Å². The van der Waals surface area contributed by atoms with E-state index in [0.717, 1.165) is 51.8 Å². The molecule has 2 heterocycles. The van der Waals surface area contributed by atoms with E-state index in [9.17, 15) is 4.79 Å². The first kappa shape index (κ1) is 20.3. The van der Waals surface area contributed by atoms with Crippen molar-refractivity contribution in [2.75, 3.05) is 7.11 Å². The van der Waals surface area contributed by atoms with Gasteiger partial charge >= 0.3 is 0 Å². The second-order valence-electron chi connectivity index (χ2n) is 8.04. The van der Waals surface area contributed by atoms with Crippen LogP contribution in [0.4, 0.5) is 0 Å². The predicted molar refractivity (Wildman–Crippen MR) is 129 cm³/mol. The first-order chi connectivity index (χ1) is 15.1. The van der Waals surface area contributed by atoms with E-state index in [-0.39, 0.29) is 5.56 Å². The van der Waals surface area contributed by atoms with Gasteiger partial charge in [0.25, 0.3) is 5.56 Å². The molecule has 1 aliphatic rings. The molecule has 0 N–H and O–H groups in total. The molecule has 4 nitrogen and oxygen atoms in total. The molecule has 0 amide bonds. The Balaban J connectivity index is 1.61. The zero-order valence-electron chi connectivity index (χ0n) is 17.6. The van der Waals surface area contributed by atoms with Crippen LogP contribution in [0.1, 0.15) is 29.3 Å². The topological polar surface area (TPSA) is 44.1 Å². The van der Waals surface area contributed by atoms with E-state index in [1.54, 1.807) is 34.8 Å². The van der Waals surface area contributed by atoms with Crippen molar-refractivity contribution in [2.45, 2.75) is 37.1 Å². The van der Waals surface area contributed by atoms with E-state index in [0.29, 0.717) is 5.92 Å². The maximum Gasteiger partial charge on any atom is 0.267 e. The number of rotatable bonds is 5. The molecule has 31 heavy (non-hydrogen) atoms. The lowest BCUT2D eigenvalue weighted by atomic mass is 9.89. The van der Waals surface area contributed by atoms with Crippen molar-refractivity contribution in [3.8, 4) is 11.4 Å². The Bertz CT molecular complexity index is 1280. The van der Waals surface area contributed by atoms with Crippen molar-refractivity contribution in [3.63, 3.8) is 0 Å². The summed E-state index contributed by atoms with van der Waals surface area (Å²) in [5.74, 6) is 2.24. The second kappa shape index (κ2) is 8.52. The van der Waals surface area contributed by atoms with Gasteiger partial charge in [-0.2, -0.15) is 0 Å². The lowest BCUT2D eigenvalue weighted by Crippen LogP contribution is -2.22. The fourth-order valence-electron chi connectivity index (χ4n) is 4.14. The number of thiophene rings is 1. The molecule has 6 heteroatoms. The van der Waals surface area contributed by atoms with Crippen molar-refractivity contribution in [1.29, 1.82) is 0 Å². The van der Waals surface area contributed by atoms with Crippen molar-refractivity contribution in [3.05, 3.63) is 81.0 Å². The molecule has 0 radical (unpaired) electrons. The molecule has 0 fully saturated rings. The Kier molecular flexibility index (Phi) is 5.59. The number of hydrogen-bond donors (Lipinski definition) is 0. The summed E-state index contributed by atoms with van der Waals surface area (Å²) in [6, 6.07) is 17.9. The standard InChI is InChI=1S/C25H24N2O2S2/c1-16-8-13-20-21(14-16)31-23-22(20)24(28)27(18-6-4-3-5-7-18)25(26-23)30-15-17-9-11-19(29-2)12-10-17/h3-7,9-12,16H,8,13-15H2,1-2H3. The quantitative estimate of drug-likeness (QED) is 0.283. The number of aromatic nitrogens is 2. The van der Waals surface area contributed by atoms with Crippen molar-refractivity contribution in [2.24, 2.45) is 5.92 Å². The van der Waals surface area contributed by atoms with E-state index >= 15 is 0 Å². The number of hydrogen-bond acceptors (Lipinski definition) is 5. The van der Waals surface area contributed by atoms with Crippen LogP contribution in [0.2, 0.25) is 0 Å². The number of nitrogens with zero attached hydrogens (tertiary/aromatic N) is 2. The Morgan fingerprint density at radius 2 is 1.94 bits per heavy atom. The van der Waals surface area contributed by atoms with Crippen LogP contribution in [0.5, 0.6) is 5.75 Å². The minimum atomic E-state index is 0.0560. The third-order valence-corrected chi connectivity index (χ3v) is 8.00. The van der Waals surface area contributed by atoms with Gasteiger partial charge in [-0.05, 0) is 60.6 Å². The highest BCUT2D eigenvalue weighted by Gasteiger charge is 2.25. The first-order valence-electron chi connectivity index (χ1n) is 10.5. The average Bonchev–Trinajstić information content (AvgIpc) is 3.16. The molecule has 0 saturated heterocycles. The van der Waals surface area contributed by atoms with Crippen LogP contribution in [0.25, 0.3) is 15.9 Å². The number of aryl methyl sites for hydroxylation is 1. The monoisotopic (exact) mass is 448 g/mol. The van der Waals surface area contributed by atoms with Crippen LogP contribution in [0, 0.1) is 5.92 Å². The van der Waals surface area contributed by atoms with Gasteiger partial charge in [0.15, 0.2) is 5.16 Å². The highest BCUT2D eigenvalue weighted by molar-refractivity contribution is 7.98. The number of thioether (sulfide) groups is 1. The lowest BCUT2D eigenvalue weighted by Gasteiger charge is -2.17. The van der Waals surface area contributed by atoms with E-state index in [1.165, 1.54) is 16.0 Å². The van der Waals surface area contributed by atoms with E-state index in [2.05, 4.69) is 19.1 Å². The Labute approximate surface area is 189 Å². The van der Waals surface area contributed by atoms with Gasteiger partial charge in [-0.1, -0.05) is 49.0 Å². The Hall–Kier alpha value is -2.57. The summed E-state index contributed by atoms with van der Waals surface area (Å²) in [4.78, 5) is 21.0. The lowest BCUT2D eigenvalue weighted by molar-refractivity contribution is 0.414. The molecule has 5 rings (SSSR count). The van der Waals surface area contributed by atoms with Gasteiger partial charge in [-0.3, -0.25) is 9.36 Å². The minimum Gasteiger partial charge on any atom is -0.497 e. The smallest absolute Gasteiger partial charge is 0.267 e. The maximum absolute atomic E-state index is 13.8. The Morgan fingerprint density at radius 3 is 2.68 bits per heavy atom. The third kappa shape index (κ3) is 3.90. The second-order valence-corrected chi connectivity index (χ2v) is 10.1. The van der Waals surface area contributed by atoms with Gasteiger partial charge < -0.3 is 4.74 Å². The average molecular weight is 449 g/mol.